The Kier molecular flexibility index (Phi) is 5.37. The highest BCUT2D eigenvalue weighted by molar-refractivity contribution is 7.80. The summed E-state index contributed by atoms with van der Waals surface area (Å²) in [7, 11) is 4.03. The lowest BCUT2D eigenvalue weighted by Gasteiger charge is -2.37. The van der Waals surface area contributed by atoms with E-state index in [-0.39, 0.29) is 10.6 Å². The van der Waals surface area contributed by atoms with Crippen LogP contribution in [0.25, 0.3) is 0 Å². The van der Waals surface area contributed by atoms with Gasteiger partial charge in [0.05, 0.1) is 4.92 Å². The Balaban J connectivity index is 1.63. The number of nitro benzene ring substituents is 1. The van der Waals surface area contributed by atoms with Crippen LogP contribution in [0.1, 0.15) is 5.56 Å². The minimum absolute atomic E-state index is 0.126. The lowest BCUT2D eigenvalue weighted by molar-refractivity contribution is -0.384. The summed E-state index contributed by atoms with van der Waals surface area (Å²) in [5, 5.41) is 11.0. The lowest BCUT2D eigenvalue weighted by atomic mass is 10.1. The first-order valence-electron chi connectivity index (χ1n) is 8.52. The van der Waals surface area contributed by atoms with Crippen LogP contribution in [0.5, 0.6) is 0 Å². The number of non-ortho nitro benzene ring substituents is 1. The van der Waals surface area contributed by atoms with Gasteiger partial charge in [-0.25, -0.2) is 0 Å². The average Bonchev–Trinajstić information content (AvgIpc) is 2.67. The Labute approximate surface area is 158 Å². The summed E-state index contributed by atoms with van der Waals surface area (Å²) in [5.74, 6) is 0. The fourth-order valence-electron chi connectivity index (χ4n) is 3.06. The maximum absolute atomic E-state index is 11.0. The summed E-state index contributed by atoms with van der Waals surface area (Å²) in [6.07, 6.45) is 0. The van der Waals surface area contributed by atoms with Gasteiger partial charge in [-0.3, -0.25) is 10.1 Å². The lowest BCUT2D eigenvalue weighted by Crippen LogP contribution is -2.48. The molecule has 7 heteroatoms. The molecule has 0 radical (unpaired) electrons. The molecule has 0 saturated carbocycles. The quantitative estimate of drug-likeness (QED) is 0.468. The molecule has 1 aliphatic heterocycles. The Morgan fingerprint density at radius 3 is 2.31 bits per heavy atom. The van der Waals surface area contributed by atoms with Gasteiger partial charge >= 0.3 is 0 Å². The van der Waals surface area contributed by atoms with Crippen molar-refractivity contribution >= 4 is 34.3 Å². The molecule has 26 heavy (non-hydrogen) atoms. The van der Waals surface area contributed by atoms with E-state index in [2.05, 4.69) is 39.0 Å². The summed E-state index contributed by atoms with van der Waals surface area (Å²) < 4.78 is 0. The van der Waals surface area contributed by atoms with Crippen LogP contribution in [0.2, 0.25) is 0 Å². The standard InChI is InChI=1S/C19H22N4O2S/c1-20(2)16-8-6-15(7-9-16)19(26)22-12-10-21(11-13-22)17-4-3-5-18(14-17)23(24)25/h3-9,14H,10-13H2,1-2H3. The summed E-state index contributed by atoms with van der Waals surface area (Å²) in [4.78, 5) is 17.9. The van der Waals surface area contributed by atoms with Crippen molar-refractivity contribution in [1.82, 2.24) is 4.90 Å². The van der Waals surface area contributed by atoms with Gasteiger partial charge in [-0.1, -0.05) is 18.3 Å². The number of anilines is 2. The zero-order chi connectivity index (χ0) is 18.7. The van der Waals surface area contributed by atoms with Crippen molar-refractivity contribution < 1.29 is 4.92 Å². The average molecular weight is 370 g/mol. The third kappa shape index (κ3) is 3.94. The molecule has 1 fully saturated rings. The molecule has 0 N–H and O–H groups in total. The minimum Gasteiger partial charge on any atom is -0.378 e. The van der Waals surface area contributed by atoms with E-state index >= 15 is 0 Å². The molecule has 0 amide bonds. The van der Waals surface area contributed by atoms with Gasteiger partial charge in [0.2, 0.25) is 0 Å². The summed E-state index contributed by atoms with van der Waals surface area (Å²) in [5.41, 5.74) is 3.21. The largest absolute Gasteiger partial charge is 0.378 e. The molecule has 0 aromatic heterocycles. The summed E-state index contributed by atoms with van der Waals surface area (Å²) >= 11 is 5.66. The number of hydrogen-bond donors (Lipinski definition) is 0. The second-order valence-corrected chi connectivity index (χ2v) is 6.88. The van der Waals surface area contributed by atoms with Crippen LogP contribution in [0.4, 0.5) is 17.1 Å². The number of benzene rings is 2. The number of nitro groups is 1. The fraction of sp³-hybridized carbons (Fsp3) is 0.316. The molecule has 2 aromatic rings. The van der Waals surface area contributed by atoms with E-state index in [1.165, 1.54) is 6.07 Å². The van der Waals surface area contributed by atoms with Gasteiger partial charge in [0.15, 0.2) is 0 Å². The second kappa shape index (κ2) is 7.70. The van der Waals surface area contributed by atoms with Crippen LogP contribution in [-0.2, 0) is 0 Å². The third-order valence-corrected chi connectivity index (χ3v) is 5.10. The molecular formula is C19H22N4O2S. The highest BCUT2D eigenvalue weighted by Crippen LogP contribution is 2.23. The Morgan fingerprint density at radius 1 is 1.08 bits per heavy atom. The Hall–Kier alpha value is -2.67. The predicted molar refractivity (Wildman–Crippen MR) is 109 cm³/mol. The third-order valence-electron chi connectivity index (χ3n) is 4.60. The van der Waals surface area contributed by atoms with E-state index in [1.807, 2.05) is 20.2 Å². The van der Waals surface area contributed by atoms with Gasteiger partial charge in [-0.15, -0.1) is 0 Å². The topological polar surface area (TPSA) is 52.9 Å². The minimum atomic E-state index is -0.355. The van der Waals surface area contributed by atoms with Crippen LogP contribution in [0.15, 0.2) is 48.5 Å². The van der Waals surface area contributed by atoms with E-state index in [9.17, 15) is 10.1 Å². The number of thiocarbonyl (C=S) groups is 1. The van der Waals surface area contributed by atoms with Gasteiger partial charge in [0, 0.05) is 69.3 Å². The fourth-order valence-corrected chi connectivity index (χ4v) is 3.37. The van der Waals surface area contributed by atoms with Crippen LogP contribution in [0.3, 0.4) is 0 Å². The van der Waals surface area contributed by atoms with E-state index in [4.69, 9.17) is 12.2 Å². The van der Waals surface area contributed by atoms with Crippen molar-refractivity contribution in [3.05, 3.63) is 64.2 Å². The molecule has 2 aromatic carbocycles. The van der Waals surface area contributed by atoms with Crippen molar-refractivity contribution in [2.45, 2.75) is 0 Å². The maximum atomic E-state index is 11.0. The van der Waals surface area contributed by atoms with Gasteiger partial charge in [-0.2, -0.15) is 0 Å². The smallest absolute Gasteiger partial charge is 0.271 e. The molecule has 0 bridgehead atoms. The molecule has 1 heterocycles. The van der Waals surface area contributed by atoms with Crippen LogP contribution in [0, 0.1) is 10.1 Å². The van der Waals surface area contributed by atoms with Crippen LogP contribution >= 0.6 is 12.2 Å². The number of piperazine rings is 1. The molecule has 0 atom stereocenters. The zero-order valence-corrected chi connectivity index (χ0v) is 15.8. The van der Waals surface area contributed by atoms with Crippen molar-refractivity contribution in [3.8, 4) is 0 Å². The number of nitrogens with zero attached hydrogens (tertiary/aromatic N) is 4. The molecular weight excluding hydrogens is 348 g/mol. The first-order valence-corrected chi connectivity index (χ1v) is 8.92. The molecule has 3 rings (SSSR count). The van der Waals surface area contributed by atoms with Gasteiger partial charge in [0.1, 0.15) is 4.99 Å². The number of hydrogen-bond acceptors (Lipinski definition) is 5. The van der Waals surface area contributed by atoms with Gasteiger partial charge < -0.3 is 14.7 Å². The first-order chi connectivity index (χ1) is 12.5. The Morgan fingerprint density at radius 2 is 1.73 bits per heavy atom. The zero-order valence-electron chi connectivity index (χ0n) is 15.0. The molecule has 0 unspecified atom stereocenters. The van der Waals surface area contributed by atoms with Gasteiger partial charge in [-0.05, 0) is 30.3 Å². The molecule has 1 aliphatic rings. The number of rotatable bonds is 4. The SMILES string of the molecule is CN(C)c1ccc(C(=S)N2CCN(c3cccc([N+](=O)[O-])c3)CC2)cc1. The van der Waals surface area contributed by atoms with E-state index in [1.54, 1.807) is 12.1 Å². The molecule has 0 spiro atoms. The van der Waals surface area contributed by atoms with Crippen LogP contribution < -0.4 is 9.80 Å². The molecule has 6 nitrogen and oxygen atoms in total. The van der Waals surface area contributed by atoms with Crippen molar-refractivity contribution in [1.29, 1.82) is 0 Å². The highest BCUT2D eigenvalue weighted by atomic mass is 32.1. The van der Waals surface area contributed by atoms with E-state index < -0.39 is 0 Å². The molecule has 1 saturated heterocycles. The van der Waals surface area contributed by atoms with E-state index in [0.717, 1.165) is 48.1 Å². The first kappa shape index (κ1) is 18.1. The normalized spacial score (nSPS) is 14.2. The second-order valence-electron chi connectivity index (χ2n) is 6.50. The van der Waals surface area contributed by atoms with E-state index in [0.29, 0.717) is 0 Å². The van der Waals surface area contributed by atoms with Crippen molar-refractivity contribution in [2.75, 3.05) is 50.1 Å². The predicted octanol–water partition coefficient (Wildman–Crippen LogP) is 3.16. The molecule has 0 aliphatic carbocycles. The van der Waals surface area contributed by atoms with Crippen LogP contribution in [-0.4, -0.2) is 55.1 Å². The summed E-state index contributed by atoms with van der Waals surface area (Å²) in [6.45, 7) is 3.18. The molecule has 136 valence electrons. The Bertz CT molecular complexity index is 799. The van der Waals surface area contributed by atoms with Gasteiger partial charge in [0.25, 0.3) is 5.69 Å². The van der Waals surface area contributed by atoms with Crippen molar-refractivity contribution in [3.63, 3.8) is 0 Å². The monoisotopic (exact) mass is 370 g/mol. The maximum Gasteiger partial charge on any atom is 0.271 e. The summed E-state index contributed by atoms with van der Waals surface area (Å²) in [6, 6.07) is 15.1. The highest BCUT2D eigenvalue weighted by Gasteiger charge is 2.21. The van der Waals surface area contributed by atoms with Crippen molar-refractivity contribution in [2.24, 2.45) is 0 Å².